The Bertz CT molecular complexity index is 261. The van der Waals surface area contributed by atoms with E-state index in [4.69, 9.17) is 5.11 Å². The third-order valence-electron chi connectivity index (χ3n) is 3.80. The van der Waals surface area contributed by atoms with Gasteiger partial charge in [-0.15, -0.1) is 0 Å². The lowest BCUT2D eigenvalue weighted by Crippen LogP contribution is -2.02. The number of carbonyl (C=O) groups is 2. The van der Waals surface area contributed by atoms with Crippen LogP contribution < -0.4 is 0 Å². The smallest absolute Gasteiger partial charge is 0.303 e. The van der Waals surface area contributed by atoms with E-state index in [2.05, 4.69) is 13.8 Å². The SMILES string of the molecule is CCCCCCCC(C)CCCC(=O)CCCC(=O)O. The third-order valence-corrected chi connectivity index (χ3v) is 3.80. The van der Waals surface area contributed by atoms with E-state index in [1.54, 1.807) is 0 Å². The molecule has 0 aromatic rings. The van der Waals surface area contributed by atoms with E-state index in [0.717, 1.165) is 12.8 Å². The van der Waals surface area contributed by atoms with Crippen LogP contribution in [-0.2, 0) is 9.59 Å². The maximum absolute atomic E-state index is 11.5. The van der Waals surface area contributed by atoms with E-state index < -0.39 is 5.97 Å². The monoisotopic (exact) mass is 284 g/mol. The van der Waals surface area contributed by atoms with Crippen LogP contribution in [0.15, 0.2) is 0 Å². The second-order valence-corrected chi connectivity index (χ2v) is 5.99. The van der Waals surface area contributed by atoms with Gasteiger partial charge in [0.15, 0.2) is 0 Å². The molecule has 0 bridgehead atoms. The molecule has 0 saturated carbocycles. The Morgan fingerprint density at radius 1 is 0.850 bits per heavy atom. The van der Waals surface area contributed by atoms with Gasteiger partial charge in [-0.25, -0.2) is 0 Å². The molecule has 3 heteroatoms. The van der Waals surface area contributed by atoms with Gasteiger partial charge in [-0.1, -0.05) is 58.8 Å². The average molecular weight is 284 g/mol. The Labute approximate surface area is 124 Å². The van der Waals surface area contributed by atoms with Crippen LogP contribution in [0.25, 0.3) is 0 Å². The quantitative estimate of drug-likeness (QED) is 0.458. The molecule has 0 aliphatic rings. The molecule has 0 saturated heterocycles. The fourth-order valence-electron chi connectivity index (χ4n) is 2.45. The molecule has 0 radical (unpaired) electrons. The second-order valence-electron chi connectivity index (χ2n) is 5.99. The highest BCUT2D eigenvalue weighted by atomic mass is 16.4. The molecule has 0 aliphatic carbocycles. The van der Waals surface area contributed by atoms with E-state index in [1.807, 2.05) is 0 Å². The summed E-state index contributed by atoms with van der Waals surface area (Å²) in [4.78, 5) is 21.9. The van der Waals surface area contributed by atoms with Gasteiger partial charge in [0.1, 0.15) is 5.78 Å². The molecule has 0 spiro atoms. The fraction of sp³-hybridized carbons (Fsp3) is 0.882. The molecular formula is C17H32O3. The lowest BCUT2D eigenvalue weighted by atomic mass is 9.95. The van der Waals surface area contributed by atoms with Crippen molar-refractivity contribution in [3.8, 4) is 0 Å². The number of carboxylic acids is 1. The summed E-state index contributed by atoms with van der Waals surface area (Å²) in [5, 5.41) is 8.50. The lowest BCUT2D eigenvalue weighted by Gasteiger charge is -2.10. The summed E-state index contributed by atoms with van der Waals surface area (Å²) < 4.78 is 0. The standard InChI is InChI=1S/C17H32O3/c1-3-4-5-6-7-10-15(2)11-8-12-16(18)13-9-14-17(19)20/h15H,3-14H2,1-2H3,(H,19,20). The molecule has 0 fully saturated rings. The van der Waals surface area contributed by atoms with E-state index in [1.165, 1.54) is 38.5 Å². The molecule has 1 N–H and O–H groups in total. The Morgan fingerprint density at radius 2 is 1.45 bits per heavy atom. The summed E-state index contributed by atoms with van der Waals surface area (Å²) in [6, 6.07) is 0. The van der Waals surface area contributed by atoms with Gasteiger partial charge in [0, 0.05) is 19.3 Å². The van der Waals surface area contributed by atoms with E-state index in [9.17, 15) is 9.59 Å². The van der Waals surface area contributed by atoms with Gasteiger partial charge >= 0.3 is 5.97 Å². The predicted molar refractivity (Wildman–Crippen MR) is 82.9 cm³/mol. The minimum atomic E-state index is -0.811. The van der Waals surface area contributed by atoms with Gasteiger partial charge in [-0.2, -0.15) is 0 Å². The number of aliphatic carboxylic acids is 1. The summed E-state index contributed by atoms with van der Waals surface area (Å²) in [7, 11) is 0. The third kappa shape index (κ3) is 13.6. The molecule has 3 nitrogen and oxygen atoms in total. The highest BCUT2D eigenvalue weighted by molar-refractivity contribution is 5.78. The Balaban J connectivity index is 3.39. The van der Waals surface area contributed by atoms with Crippen molar-refractivity contribution >= 4 is 11.8 Å². The van der Waals surface area contributed by atoms with E-state index in [-0.39, 0.29) is 12.2 Å². The molecule has 0 heterocycles. The predicted octanol–water partition coefficient (Wildman–Crippen LogP) is 4.98. The van der Waals surface area contributed by atoms with Gasteiger partial charge in [0.25, 0.3) is 0 Å². The van der Waals surface area contributed by atoms with Crippen molar-refractivity contribution in [1.82, 2.24) is 0 Å². The molecule has 0 aliphatic heterocycles. The molecule has 20 heavy (non-hydrogen) atoms. The first-order valence-corrected chi connectivity index (χ1v) is 8.29. The minimum absolute atomic E-state index is 0.111. The van der Waals surface area contributed by atoms with Crippen molar-refractivity contribution in [3.05, 3.63) is 0 Å². The van der Waals surface area contributed by atoms with Crippen molar-refractivity contribution in [3.63, 3.8) is 0 Å². The average Bonchev–Trinajstić information content (AvgIpc) is 2.38. The first-order valence-electron chi connectivity index (χ1n) is 8.29. The zero-order chi connectivity index (χ0) is 15.2. The van der Waals surface area contributed by atoms with Crippen LogP contribution in [0.2, 0.25) is 0 Å². The minimum Gasteiger partial charge on any atom is -0.481 e. The largest absolute Gasteiger partial charge is 0.481 e. The zero-order valence-corrected chi connectivity index (χ0v) is 13.3. The zero-order valence-electron chi connectivity index (χ0n) is 13.3. The van der Waals surface area contributed by atoms with Crippen LogP contribution in [0.4, 0.5) is 0 Å². The highest BCUT2D eigenvalue weighted by Crippen LogP contribution is 2.17. The van der Waals surface area contributed by atoms with Gasteiger partial charge in [0.2, 0.25) is 0 Å². The number of rotatable bonds is 14. The molecule has 0 aromatic heterocycles. The Morgan fingerprint density at radius 3 is 2.10 bits per heavy atom. The van der Waals surface area contributed by atoms with Gasteiger partial charge < -0.3 is 5.11 Å². The maximum atomic E-state index is 11.5. The number of carbonyl (C=O) groups excluding carboxylic acids is 1. The Hall–Kier alpha value is -0.860. The van der Waals surface area contributed by atoms with Gasteiger partial charge in [-0.05, 0) is 18.8 Å². The van der Waals surface area contributed by atoms with Crippen LogP contribution in [0.1, 0.15) is 90.9 Å². The van der Waals surface area contributed by atoms with E-state index >= 15 is 0 Å². The number of hydrogen-bond donors (Lipinski definition) is 1. The number of hydrogen-bond acceptors (Lipinski definition) is 2. The van der Waals surface area contributed by atoms with E-state index in [0.29, 0.717) is 25.2 Å². The lowest BCUT2D eigenvalue weighted by molar-refractivity contribution is -0.137. The van der Waals surface area contributed by atoms with Gasteiger partial charge in [-0.3, -0.25) is 9.59 Å². The molecule has 118 valence electrons. The van der Waals surface area contributed by atoms with Crippen molar-refractivity contribution in [2.24, 2.45) is 5.92 Å². The summed E-state index contributed by atoms with van der Waals surface area (Å²) in [5.74, 6) is 0.124. The van der Waals surface area contributed by atoms with Crippen LogP contribution in [0.5, 0.6) is 0 Å². The molecule has 0 amide bonds. The number of ketones is 1. The molecule has 1 unspecified atom stereocenters. The topological polar surface area (TPSA) is 54.4 Å². The van der Waals surface area contributed by atoms with Crippen molar-refractivity contribution in [2.45, 2.75) is 90.9 Å². The van der Waals surface area contributed by atoms with Crippen molar-refractivity contribution in [2.75, 3.05) is 0 Å². The first kappa shape index (κ1) is 19.1. The number of Topliss-reactive ketones (excluding diaryl/α,β-unsaturated/α-hetero) is 1. The van der Waals surface area contributed by atoms with Crippen LogP contribution in [0.3, 0.4) is 0 Å². The van der Waals surface area contributed by atoms with Crippen LogP contribution in [0, 0.1) is 5.92 Å². The summed E-state index contributed by atoms with van der Waals surface area (Å²) in [6.45, 7) is 4.50. The molecule has 1 atom stereocenters. The maximum Gasteiger partial charge on any atom is 0.303 e. The van der Waals surface area contributed by atoms with Crippen LogP contribution >= 0.6 is 0 Å². The summed E-state index contributed by atoms with van der Waals surface area (Å²) >= 11 is 0. The van der Waals surface area contributed by atoms with Crippen molar-refractivity contribution in [1.29, 1.82) is 0 Å². The second kappa shape index (κ2) is 13.1. The summed E-state index contributed by atoms with van der Waals surface area (Å²) in [6.07, 6.45) is 11.7. The molecular weight excluding hydrogens is 252 g/mol. The number of carboxylic acid groups (broad SMARTS) is 1. The van der Waals surface area contributed by atoms with Crippen LogP contribution in [-0.4, -0.2) is 16.9 Å². The molecule has 0 aromatic carbocycles. The van der Waals surface area contributed by atoms with Gasteiger partial charge in [0.05, 0.1) is 0 Å². The summed E-state index contributed by atoms with van der Waals surface area (Å²) in [5.41, 5.74) is 0. The fourth-order valence-corrected chi connectivity index (χ4v) is 2.45. The Kier molecular flexibility index (Phi) is 12.6. The van der Waals surface area contributed by atoms with Crippen molar-refractivity contribution < 1.29 is 14.7 Å². The highest BCUT2D eigenvalue weighted by Gasteiger charge is 2.06. The first-order chi connectivity index (χ1) is 9.56. The molecule has 0 rings (SSSR count). The number of unbranched alkanes of at least 4 members (excludes halogenated alkanes) is 4. The normalized spacial score (nSPS) is 12.3.